The molecule has 0 bridgehead atoms. The Morgan fingerprint density at radius 3 is 2.59 bits per heavy atom. The summed E-state index contributed by atoms with van der Waals surface area (Å²) in [7, 11) is 0. The van der Waals surface area contributed by atoms with Gasteiger partial charge in [-0.1, -0.05) is 6.07 Å². The molecule has 0 spiro atoms. The Hall–Kier alpha value is -3.61. The minimum atomic E-state index is 0.651. The van der Waals surface area contributed by atoms with Crippen LogP contribution in [0.4, 0.5) is 5.82 Å². The Morgan fingerprint density at radius 1 is 0.889 bits per heavy atom. The monoisotopic (exact) mass is 357 g/mol. The molecule has 4 heterocycles. The zero-order valence-corrected chi connectivity index (χ0v) is 14.7. The molecule has 27 heavy (non-hydrogen) atoms. The van der Waals surface area contributed by atoms with Crippen molar-refractivity contribution in [2.75, 3.05) is 11.9 Å². The Balaban J connectivity index is 1.56. The number of anilines is 1. The lowest BCUT2D eigenvalue weighted by molar-refractivity contribution is 0.660. The molecule has 0 aliphatic heterocycles. The van der Waals surface area contributed by atoms with Crippen molar-refractivity contribution < 1.29 is 0 Å². The number of aryl methyl sites for hydroxylation is 1. The summed E-state index contributed by atoms with van der Waals surface area (Å²) in [6.45, 7) is 1.70. The molecule has 134 valence electrons. The van der Waals surface area contributed by atoms with Crippen LogP contribution >= 0.6 is 0 Å². The van der Waals surface area contributed by atoms with Gasteiger partial charge in [0.2, 0.25) is 0 Å². The van der Waals surface area contributed by atoms with Gasteiger partial charge in [0.25, 0.3) is 0 Å². The van der Waals surface area contributed by atoms with E-state index in [9.17, 15) is 0 Å². The lowest BCUT2D eigenvalue weighted by atomic mass is 10.2. The second kappa shape index (κ2) is 8.18. The van der Waals surface area contributed by atoms with Gasteiger partial charge in [-0.25, -0.2) is 15.0 Å². The van der Waals surface area contributed by atoms with Crippen LogP contribution < -0.4 is 5.32 Å². The lowest BCUT2D eigenvalue weighted by Gasteiger charge is -2.10. The molecule has 4 aromatic rings. The van der Waals surface area contributed by atoms with Gasteiger partial charge in [-0.2, -0.15) is 0 Å². The van der Waals surface area contributed by atoms with Crippen LogP contribution in [0.25, 0.3) is 22.8 Å². The number of hydrogen-bond donors (Lipinski definition) is 1. The quantitative estimate of drug-likeness (QED) is 0.511. The maximum atomic E-state index is 4.69. The third-order valence-corrected chi connectivity index (χ3v) is 4.05. The van der Waals surface area contributed by atoms with Gasteiger partial charge >= 0.3 is 0 Å². The van der Waals surface area contributed by atoms with Gasteiger partial charge in [0, 0.05) is 55.7 Å². The van der Waals surface area contributed by atoms with Crippen LogP contribution in [0.5, 0.6) is 0 Å². The number of hydrogen-bond acceptors (Lipinski definition) is 6. The second-order valence-electron chi connectivity index (χ2n) is 5.99. The summed E-state index contributed by atoms with van der Waals surface area (Å²) in [4.78, 5) is 21.9. The molecular formula is C20H19N7. The number of aromatic nitrogens is 6. The molecule has 7 nitrogen and oxygen atoms in total. The van der Waals surface area contributed by atoms with Gasteiger partial charge < -0.3 is 9.88 Å². The predicted molar refractivity (Wildman–Crippen MR) is 104 cm³/mol. The van der Waals surface area contributed by atoms with Crippen LogP contribution in [0.1, 0.15) is 6.42 Å². The number of imidazole rings is 1. The van der Waals surface area contributed by atoms with E-state index >= 15 is 0 Å². The molecule has 0 amide bonds. The van der Waals surface area contributed by atoms with Crippen molar-refractivity contribution in [3.8, 4) is 22.8 Å². The van der Waals surface area contributed by atoms with Crippen LogP contribution in [0.15, 0.2) is 73.7 Å². The van der Waals surface area contributed by atoms with E-state index in [1.807, 2.05) is 48.9 Å². The van der Waals surface area contributed by atoms with Crippen LogP contribution in [-0.4, -0.2) is 36.0 Å². The largest absolute Gasteiger partial charge is 0.370 e. The van der Waals surface area contributed by atoms with Crippen molar-refractivity contribution in [2.45, 2.75) is 13.0 Å². The first kappa shape index (κ1) is 16.8. The van der Waals surface area contributed by atoms with Gasteiger partial charge in [-0.3, -0.25) is 9.97 Å². The highest BCUT2D eigenvalue weighted by molar-refractivity contribution is 5.65. The van der Waals surface area contributed by atoms with Crippen molar-refractivity contribution in [2.24, 2.45) is 0 Å². The third kappa shape index (κ3) is 4.33. The molecule has 7 heteroatoms. The topological polar surface area (TPSA) is 81.4 Å². The van der Waals surface area contributed by atoms with Crippen molar-refractivity contribution in [3.05, 3.63) is 73.7 Å². The number of nitrogens with one attached hydrogen (secondary N) is 1. The zero-order chi connectivity index (χ0) is 18.3. The summed E-state index contributed by atoms with van der Waals surface area (Å²) in [5.41, 5.74) is 2.52. The zero-order valence-electron chi connectivity index (χ0n) is 14.7. The summed E-state index contributed by atoms with van der Waals surface area (Å²) in [6, 6.07) is 11.5. The van der Waals surface area contributed by atoms with E-state index < -0.39 is 0 Å². The molecule has 0 aromatic carbocycles. The van der Waals surface area contributed by atoms with Crippen LogP contribution in [-0.2, 0) is 6.54 Å². The number of rotatable bonds is 7. The van der Waals surface area contributed by atoms with E-state index in [-0.39, 0.29) is 0 Å². The van der Waals surface area contributed by atoms with E-state index in [1.54, 1.807) is 24.8 Å². The van der Waals surface area contributed by atoms with Crippen LogP contribution in [0.2, 0.25) is 0 Å². The molecule has 0 aliphatic rings. The fourth-order valence-corrected chi connectivity index (χ4v) is 2.71. The molecule has 0 saturated carbocycles. The molecule has 0 fully saturated rings. The summed E-state index contributed by atoms with van der Waals surface area (Å²) < 4.78 is 2.06. The highest BCUT2D eigenvalue weighted by Crippen LogP contribution is 2.22. The molecule has 0 radical (unpaired) electrons. The van der Waals surface area contributed by atoms with Crippen LogP contribution in [0, 0.1) is 0 Å². The van der Waals surface area contributed by atoms with Crippen molar-refractivity contribution in [1.29, 1.82) is 0 Å². The number of pyridine rings is 2. The Labute approximate surface area is 157 Å². The first-order valence-electron chi connectivity index (χ1n) is 8.79. The van der Waals surface area contributed by atoms with Gasteiger partial charge in [-0.15, -0.1) is 0 Å². The van der Waals surface area contributed by atoms with E-state index in [4.69, 9.17) is 0 Å². The van der Waals surface area contributed by atoms with Gasteiger partial charge in [0.05, 0.1) is 17.7 Å². The van der Waals surface area contributed by atoms with Crippen LogP contribution in [0.3, 0.4) is 0 Å². The SMILES string of the molecule is c1ccc(-c2cc(NCCCn3ccnc3)nc(-c3ccncc3)n2)nc1. The second-order valence-corrected chi connectivity index (χ2v) is 5.99. The molecule has 4 rings (SSSR count). The first-order valence-corrected chi connectivity index (χ1v) is 8.79. The lowest BCUT2D eigenvalue weighted by Crippen LogP contribution is -2.08. The molecular weight excluding hydrogens is 338 g/mol. The molecule has 4 aromatic heterocycles. The Morgan fingerprint density at radius 2 is 1.81 bits per heavy atom. The van der Waals surface area contributed by atoms with Crippen molar-refractivity contribution in [1.82, 2.24) is 29.5 Å². The first-order chi connectivity index (χ1) is 13.4. The standard InChI is InChI=1S/C20H19N7/c1-2-7-23-17(4-1)18-14-19(24-8-3-12-27-13-11-22-15-27)26-20(25-18)16-5-9-21-10-6-16/h1-2,4-7,9-11,13-15H,3,8,12H2,(H,24,25,26). The van der Waals surface area contributed by atoms with Crippen molar-refractivity contribution >= 4 is 5.82 Å². The third-order valence-electron chi connectivity index (χ3n) is 4.05. The van der Waals surface area contributed by atoms with Gasteiger partial charge in [-0.05, 0) is 30.7 Å². The normalized spacial score (nSPS) is 10.7. The maximum absolute atomic E-state index is 4.69. The smallest absolute Gasteiger partial charge is 0.162 e. The molecule has 0 saturated heterocycles. The van der Waals surface area contributed by atoms with Crippen molar-refractivity contribution in [3.63, 3.8) is 0 Å². The minimum absolute atomic E-state index is 0.651. The van der Waals surface area contributed by atoms with E-state index in [1.165, 1.54) is 0 Å². The summed E-state index contributed by atoms with van der Waals surface area (Å²) in [6.07, 6.45) is 11.8. The minimum Gasteiger partial charge on any atom is -0.370 e. The van der Waals surface area contributed by atoms with E-state index in [0.717, 1.165) is 42.3 Å². The van der Waals surface area contributed by atoms with E-state index in [2.05, 4.69) is 34.8 Å². The molecule has 0 atom stereocenters. The highest BCUT2D eigenvalue weighted by atomic mass is 15.0. The predicted octanol–water partition coefficient (Wildman–Crippen LogP) is 3.30. The molecule has 1 N–H and O–H groups in total. The average molecular weight is 357 g/mol. The summed E-state index contributed by atoms with van der Waals surface area (Å²) in [5, 5.41) is 3.40. The highest BCUT2D eigenvalue weighted by Gasteiger charge is 2.09. The Kier molecular flexibility index (Phi) is 5.10. The average Bonchev–Trinajstić information content (AvgIpc) is 3.26. The summed E-state index contributed by atoms with van der Waals surface area (Å²) >= 11 is 0. The van der Waals surface area contributed by atoms with Gasteiger partial charge in [0.15, 0.2) is 5.82 Å². The fraction of sp³-hybridized carbons (Fsp3) is 0.150. The van der Waals surface area contributed by atoms with Gasteiger partial charge in [0.1, 0.15) is 5.82 Å². The molecule has 0 unspecified atom stereocenters. The number of nitrogens with zero attached hydrogens (tertiary/aromatic N) is 6. The molecule has 0 aliphatic carbocycles. The van der Waals surface area contributed by atoms with E-state index in [0.29, 0.717) is 5.82 Å². The fourth-order valence-electron chi connectivity index (χ4n) is 2.71. The Bertz CT molecular complexity index is 912. The summed E-state index contributed by atoms with van der Waals surface area (Å²) in [5.74, 6) is 1.43. The maximum Gasteiger partial charge on any atom is 0.162 e.